The van der Waals surface area contributed by atoms with Gasteiger partial charge in [0.2, 0.25) is 0 Å². The molecular formula is C14H18ClN3O3. The van der Waals surface area contributed by atoms with Crippen LogP contribution in [0, 0.1) is 0 Å². The van der Waals surface area contributed by atoms with E-state index in [1.807, 2.05) is 0 Å². The zero-order valence-electron chi connectivity index (χ0n) is 11.5. The fraction of sp³-hybridized carbons (Fsp3) is 0.429. The summed E-state index contributed by atoms with van der Waals surface area (Å²) in [6.07, 6.45) is 3.34. The predicted octanol–water partition coefficient (Wildman–Crippen LogP) is 2.30. The molecule has 4 N–H and O–H groups in total. The number of nitrogens with one attached hydrogen (secondary N) is 3. The Kier molecular flexibility index (Phi) is 5.41. The van der Waals surface area contributed by atoms with Crippen molar-refractivity contribution in [2.75, 3.05) is 18.4 Å². The van der Waals surface area contributed by atoms with Crippen LogP contribution in [0.4, 0.5) is 10.5 Å². The monoisotopic (exact) mass is 311 g/mol. The van der Waals surface area contributed by atoms with Gasteiger partial charge in [-0.3, -0.25) is 0 Å². The van der Waals surface area contributed by atoms with Gasteiger partial charge in [-0.25, -0.2) is 9.59 Å². The van der Waals surface area contributed by atoms with E-state index in [0.717, 1.165) is 13.0 Å². The highest BCUT2D eigenvalue weighted by Crippen LogP contribution is 2.20. The topological polar surface area (TPSA) is 90.5 Å². The Hall–Kier alpha value is -1.79. The summed E-state index contributed by atoms with van der Waals surface area (Å²) < 4.78 is 0. The van der Waals surface area contributed by atoms with E-state index >= 15 is 0 Å². The van der Waals surface area contributed by atoms with Crippen molar-refractivity contribution < 1.29 is 14.7 Å². The third-order valence-electron chi connectivity index (χ3n) is 3.10. The average Bonchev–Trinajstić information content (AvgIpc) is 3.24. The number of rotatable bonds is 7. The van der Waals surface area contributed by atoms with Gasteiger partial charge in [0.05, 0.1) is 10.6 Å². The molecule has 2 rings (SSSR count). The summed E-state index contributed by atoms with van der Waals surface area (Å²) in [7, 11) is 0. The predicted molar refractivity (Wildman–Crippen MR) is 81.1 cm³/mol. The van der Waals surface area contributed by atoms with Crippen LogP contribution in [-0.4, -0.2) is 36.2 Å². The van der Waals surface area contributed by atoms with Gasteiger partial charge < -0.3 is 21.1 Å². The number of urea groups is 1. The van der Waals surface area contributed by atoms with Crippen LogP contribution in [0.5, 0.6) is 0 Å². The van der Waals surface area contributed by atoms with E-state index in [4.69, 9.17) is 16.7 Å². The Balaban J connectivity index is 1.73. The number of anilines is 1. The lowest BCUT2D eigenvalue weighted by molar-refractivity contribution is 0.0697. The van der Waals surface area contributed by atoms with E-state index in [9.17, 15) is 9.59 Å². The molecule has 1 aromatic rings. The first-order valence-corrected chi connectivity index (χ1v) is 7.25. The maximum atomic E-state index is 11.7. The van der Waals surface area contributed by atoms with E-state index < -0.39 is 5.97 Å². The van der Waals surface area contributed by atoms with Gasteiger partial charge in [0.15, 0.2) is 0 Å². The maximum Gasteiger partial charge on any atom is 0.337 e. The van der Waals surface area contributed by atoms with E-state index in [2.05, 4.69) is 16.0 Å². The van der Waals surface area contributed by atoms with Crippen LogP contribution >= 0.6 is 11.6 Å². The van der Waals surface area contributed by atoms with Crippen molar-refractivity contribution in [3.8, 4) is 0 Å². The lowest BCUT2D eigenvalue weighted by atomic mass is 10.2. The molecule has 6 nitrogen and oxygen atoms in total. The molecule has 0 radical (unpaired) electrons. The Bertz CT molecular complexity index is 532. The molecule has 7 heteroatoms. The molecule has 0 spiro atoms. The molecule has 0 saturated heterocycles. The molecule has 0 atom stereocenters. The fourth-order valence-electron chi connectivity index (χ4n) is 1.83. The molecule has 1 aliphatic carbocycles. The molecule has 0 aromatic heterocycles. The first-order valence-electron chi connectivity index (χ1n) is 6.87. The Morgan fingerprint density at radius 2 is 2.05 bits per heavy atom. The van der Waals surface area contributed by atoms with Crippen LogP contribution in [0.25, 0.3) is 0 Å². The van der Waals surface area contributed by atoms with Crippen molar-refractivity contribution in [1.82, 2.24) is 10.6 Å². The fourth-order valence-corrected chi connectivity index (χ4v) is 2.02. The summed E-state index contributed by atoms with van der Waals surface area (Å²) in [4.78, 5) is 22.6. The second-order valence-electron chi connectivity index (χ2n) is 4.96. The second kappa shape index (κ2) is 7.28. The molecule has 1 aliphatic rings. The van der Waals surface area contributed by atoms with Crippen LogP contribution in [0.15, 0.2) is 18.2 Å². The number of hydrogen-bond donors (Lipinski definition) is 4. The Morgan fingerprint density at radius 3 is 2.71 bits per heavy atom. The number of carboxylic acids is 1. The molecular weight excluding hydrogens is 294 g/mol. The largest absolute Gasteiger partial charge is 0.478 e. The number of amides is 2. The van der Waals surface area contributed by atoms with Gasteiger partial charge in [-0.2, -0.15) is 0 Å². The number of halogens is 1. The summed E-state index contributed by atoms with van der Waals surface area (Å²) in [5.41, 5.74) is 0.355. The summed E-state index contributed by atoms with van der Waals surface area (Å²) in [5.74, 6) is -1.13. The average molecular weight is 312 g/mol. The minimum absolute atomic E-state index is 0.0388. The van der Waals surface area contributed by atoms with Gasteiger partial charge in [0.25, 0.3) is 0 Å². The molecule has 0 bridgehead atoms. The number of carboxylic acid groups (broad SMARTS) is 1. The van der Waals surface area contributed by atoms with E-state index in [1.54, 1.807) is 6.07 Å². The number of benzene rings is 1. The molecule has 1 aromatic carbocycles. The Morgan fingerprint density at radius 1 is 1.29 bits per heavy atom. The van der Waals surface area contributed by atoms with Crippen molar-refractivity contribution in [2.24, 2.45) is 0 Å². The summed E-state index contributed by atoms with van der Waals surface area (Å²) in [6, 6.07) is 4.64. The quantitative estimate of drug-likeness (QED) is 0.582. The van der Waals surface area contributed by atoms with Crippen LogP contribution < -0.4 is 16.0 Å². The normalized spacial score (nSPS) is 13.8. The van der Waals surface area contributed by atoms with Crippen molar-refractivity contribution in [2.45, 2.75) is 25.3 Å². The molecule has 0 heterocycles. The minimum atomic E-state index is -1.13. The lowest BCUT2D eigenvalue weighted by Gasteiger charge is -2.09. The van der Waals surface area contributed by atoms with Crippen LogP contribution in [0.3, 0.4) is 0 Å². The Labute approximate surface area is 127 Å². The smallest absolute Gasteiger partial charge is 0.337 e. The highest BCUT2D eigenvalue weighted by molar-refractivity contribution is 6.33. The van der Waals surface area contributed by atoms with Gasteiger partial charge in [0.1, 0.15) is 0 Å². The molecule has 1 fully saturated rings. The summed E-state index contributed by atoms with van der Waals surface area (Å²) in [6.45, 7) is 1.44. The van der Waals surface area contributed by atoms with Gasteiger partial charge in [-0.1, -0.05) is 11.6 Å². The highest BCUT2D eigenvalue weighted by Gasteiger charge is 2.19. The van der Waals surface area contributed by atoms with E-state index in [-0.39, 0.29) is 16.6 Å². The van der Waals surface area contributed by atoms with Crippen molar-refractivity contribution >= 4 is 29.3 Å². The van der Waals surface area contributed by atoms with Crippen LogP contribution in [0.2, 0.25) is 5.02 Å². The minimum Gasteiger partial charge on any atom is -0.478 e. The van der Waals surface area contributed by atoms with E-state index in [0.29, 0.717) is 18.3 Å². The summed E-state index contributed by atoms with van der Waals surface area (Å²) in [5, 5.41) is 17.8. The number of aromatic carboxylic acids is 1. The standard InChI is InChI=1S/C14H18ClN3O3/c15-12-5-4-10(8-11(12)13(19)20)18-14(21)17-7-1-6-16-9-2-3-9/h4-5,8-9,16H,1-3,6-7H2,(H,19,20)(H2,17,18,21). The number of carbonyl (C=O) groups is 2. The third kappa shape index (κ3) is 5.24. The van der Waals surface area contributed by atoms with Crippen molar-refractivity contribution in [3.63, 3.8) is 0 Å². The molecule has 114 valence electrons. The van der Waals surface area contributed by atoms with Crippen LogP contribution in [-0.2, 0) is 0 Å². The third-order valence-corrected chi connectivity index (χ3v) is 3.43. The molecule has 2 amide bonds. The first-order chi connectivity index (χ1) is 10.1. The van der Waals surface area contributed by atoms with Gasteiger partial charge in [0, 0.05) is 18.3 Å². The first kappa shape index (κ1) is 15.6. The molecule has 0 unspecified atom stereocenters. The highest BCUT2D eigenvalue weighted by atomic mass is 35.5. The molecule has 21 heavy (non-hydrogen) atoms. The van der Waals surface area contributed by atoms with Crippen LogP contribution in [0.1, 0.15) is 29.6 Å². The second-order valence-corrected chi connectivity index (χ2v) is 5.37. The molecule has 1 saturated carbocycles. The maximum absolute atomic E-state index is 11.7. The zero-order chi connectivity index (χ0) is 15.2. The number of carbonyl (C=O) groups excluding carboxylic acids is 1. The van der Waals surface area contributed by atoms with Gasteiger partial charge in [-0.05, 0) is 44.0 Å². The SMILES string of the molecule is O=C(NCCCNC1CC1)Nc1ccc(Cl)c(C(=O)O)c1. The van der Waals surface area contributed by atoms with E-state index in [1.165, 1.54) is 25.0 Å². The lowest BCUT2D eigenvalue weighted by Crippen LogP contribution is -2.31. The number of hydrogen-bond acceptors (Lipinski definition) is 3. The zero-order valence-corrected chi connectivity index (χ0v) is 12.2. The van der Waals surface area contributed by atoms with Crippen molar-refractivity contribution in [1.29, 1.82) is 0 Å². The summed E-state index contributed by atoms with van der Waals surface area (Å²) >= 11 is 5.76. The van der Waals surface area contributed by atoms with Gasteiger partial charge >= 0.3 is 12.0 Å². The molecule has 0 aliphatic heterocycles. The van der Waals surface area contributed by atoms with Gasteiger partial charge in [-0.15, -0.1) is 0 Å². The van der Waals surface area contributed by atoms with Crippen molar-refractivity contribution in [3.05, 3.63) is 28.8 Å².